The van der Waals surface area contributed by atoms with Crippen LogP contribution in [0.1, 0.15) is 37.8 Å². The molecule has 1 aromatic heterocycles. The molecule has 1 aliphatic carbocycles. The predicted octanol–water partition coefficient (Wildman–Crippen LogP) is 3.21. The van der Waals surface area contributed by atoms with Crippen LogP contribution in [-0.2, 0) is 0 Å². The van der Waals surface area contributed by atoms with E-state index in [9.17, 15) is 0 Å². The number of thioether (sulfide) groups is 1. The number of nitrogens with one attached hydrogen (secondary N) is 1. The SMILES string of the molecule is CSC1CCC(NC(C)c2ccoc2)C1. The molecule has 1 heterocycles. The second-order valence-corrected chi connectivity index (χ2v) is 5.45. The molecule has 84 valence electrons. The molecule has 0 amide bonds. The molecule has 1 aliphatic rings. The van der Waals surface area contributed by atoms with Crippen LogP contribution in [0.15, 0.2) is 23.0 Å². The molecule has 0 radical (unpaired) electrons. The Hall–Kier alpha value is -0.410. The van der Waals surface area contributed by atoms with Crippen molar-refractivity contribution >= 4 is 11.8 Å². The van der Waals surface area contributed by atoms with E-state index in [2.05, 4.69) is 18.5 Å². The number of hydrogen-bond acceptors (Lipinski definition) is 3. The lowest BCUT2D eigenvalue weighted by atomic mass is 10.1. The zero-order valence-corrected chi connectivity index (χ0v) is 10.2. The minimum atomic E-state index is 0.411. The van der Waals surface area contributed by atoms with Crippen molar-refractivity contribution in [2.75, 3.05) is 6.26 Å². The van der Waals surface area contributed by atoms with Crippen molar-refractivity contribution in [3.05, 3.63) is 24.2 Å². The molecule has 0 aliphatic heterocycles. The summed E-state index contributed by atoms with van der Waals surface area (Å²) in [5.74, 6) is 0. The standard InChI is InChI=1S/C12H19NOS/c1-9(10-5-6-14-8-10)13-11-3-4-12(7-11)15-2/h5-6,8-9,11-13H,3-4,7H2,1-2H3. The average molecular weight is 225 g/mol. The predicted molar refractivity (Wildman–Crippen MR) is 65.2 cm³/mol. The molecule has 3 atom stereocenters. The number of hydrogen-bond donors (Lipinski definition) is 1. The van der Waals surface area contributed by atoms with Crippen LogP contribution in [0.5, 0.6) is 0 Å². The van der Waals surface area contributed by atoms with E-state index < -0.39 is 0 Å². The van der Waals surface area contributed by atoms with Gasteiger partial charge in [-0.2, -0.15) is 11.8 Å². The molecule has 3 unspecified atom stereocenters. The van der Waals surface area contributed by atoms with Crippen molar-refractivity contribution in [1.82, 2.24) is 5.32 Å². The fourth-order valence-electron chi connectivity index (χ4n) is 2.28. The highest BCUT2D eigenvalue weighted by atomic mass is 32.2. The Morgan fingerprint density at radius 2 is 2.40 bits per heavy atom. The lowest BCUT2D eigenvalue weighted by Gasteiger charge is -2.18. The van der Waals surface area contributed by atoms with Gasteiger partial charge < -0.3 is 9.73 Å². The smallest absolute Gasteiger partial charge is 0.0950 e. The molecule has 1 saturated carbocycles. The summed E-state index contributed by atoms with van der Waals surface area (Å²) in [6, 6.07) is 3.14. The van der Waals surface area contributed by atoms with Gasteiger partial charge in [-0.3, -0.25) is 0 Å². The van der Waals surface area contributed by atoms with Gasteiger partial charge in [0, 0.05) is 22.9 Å². The molecule has 2 rings (SSSR count). The summed E-state index contributed by atoms with van der Waals surface area (Å²) in [4.78, 5) is 0. The first-order valence-electron chi connectivity index (χ1n) is 5.60. The van der Waals surface area contributed by atoms with E-state index in [0.717, 1.165) is 5.25 Å². The van der Waals surface area contributed by atoms with Gasteiger partial charge in [0.25, 0.3) is 0 Å². The van der Waals surface area contributed by atoms with Crippen LogP contribution in [0.2, 0.25) is 0 Å². The quantitative estimate of drug-likeness (QED) is 0.851. The van der Waals surface area contributed by atoms with Crippen molar-refractivity contribution in [3.63, 3.8) is 0 Å². The van der Waals surface area contributed by atoms with Gasteiger partial charge >= 0.3 is 0 Å². The third kappa shape index (κ3) is 2.79. The highest BCUT2D eigenvalue weighted by Gasteiger charge is 2.25. The summed E-state index contributed by atoms with van der Waals surface area (Å²) in [5.41, 5.74) is 1.25. The zero-order valence-electron chi connectivity index (χ0n) is 9.40. The maximum Gasteiger partial charge on any atom is 0.0950 e. The summed E-state index contributed by atoms with van der Waals surface area (Å²) in [6.07, 6.45) is 9.77. The van der Waals surface area contributed by atoms with Gasteiger partial charge in [-0.1, -0.05) is 0 Å². The molecule has 2 nitrogen and oxygen atoms in total. The van der Waals surface area contributed by atoms with Crippen molar-refractivity contribution in [3.8, 4) is 0 Å². The normalized spacial score (nSPS) is 28.1. The third-order valence-corrected chi connectivity index (χ3v) is 4.34. The second kappa shape index (κ2) is 5.08. The average Bonchev–Trinajstić information content (AvgIpc) is 2.87. The van der Waals surface area contributed by atoms with Crippen LogP contribution in [0, 0.1) is 0 Å². The molecule has 15 heavy (non-hydrogen) atoms. The van der Waals surface area contributed by atoms with Gasteiger partial charge in [-0.15, -0.1) is 0 Å². The monoisotopic (exact) mass is 225 g/mol. The third-order valence-electron chi connectivity index (χ3n) is 3.25. The van der Waals surface area contributed by atoms with E-state index in [1.807, 2.05) is 24.1 Å². The Morgan fingerprint density at radius 1 is 1.53 bits per heavy atom. The van der Waals surface area contributed by atoms with E-state index in [1.165, 1.54) is 24.8 Å². The van der Waals surface area contributed by atoms with Gasteiger partial charge in [0.05, 0.1) is 12.5 Å². The van der Waals surface area contributed by atoms with Gasteiger partial charge in [0.15, 0.2) is 0 Å². The first-order chi connectivity index (χ1) is 7.29. The number of furan rings is 1. The topological polar surface area (TPSA) is 25.2 Å². The van der Waals surface area contributed by atoms with Crippen molar-refractivity contribution in [1.29, 1.82) is 0 Å². The summed E-state index contributed by atoms with van der Waals surface area (Å²) in [7, 11) is 0. The molecule has 0 spiro atoms. The Morgan fingerprint density at radius 3 is 3.00 bits per heavy atom. The summed E-state index contributed by atoms with van der Waals surface area (Å²) < 4.78 is 5.10. The first kappa shape index (κ1) is 11.1. The maximum absolute atomic E-state index is 5.10. The van der Waals surface area contributed by atoms with E-state index in [-0.39, 0.29) is 0 Å². The molecule has 1 aromatic rings. The second-order valence-electron chi connectivity index (χ2n) is 4.31. The number of rotatable bonds is 4. The van der Waals surface area contributed by atoms with Crippen molar-refractivity contribution in [2.24, 2.45) is 0 Å². The summed E-state index contributed by atoms with van der Waals surface area (Å²) in [5, 5.41) is 4.53. The summed E-state index contributed by atoms with van der Waals surface area (Å²) in [6.45, 7) is 2.21. The molecule has 0 aromatic carbocycles. The van der Waals surface area contributed by atoms with Crippen LogP contribution in [-0.4, -0.2) is 17.5 Å². The van der Waals surface area contributed by atoms with E-state index >= 15 is 0 Å². The highest BCUT2D eigenvalue weighted by Crippen LogP contribution is 2.29. The van der Waals surface area contributed by atoms with Crippen molar-refractivity contribution in [2.45, 2.75) is 43.5 Å². The highest BCUT2D eigenvalue weighted by molar-refractivity contribution is 7.99. The Kier molecular flexibility index (Phi) is 3.76. The molecule has 0 saturated heterocycles. The molecular weight excluding hydrogens is 206 g/mol. The van der Waals surface area contributed by atoms with Crippen LogP contribution in [0.25, 0.3) is 0 Å². The van der Waals surface area contributed by atoms with Crippen LogP contribution < -0.4 is 5.32 Å². The van der Waals surface area contributed by atoms with Gasteiger partial charge in [0.2, 0.25) is 0 Å². The van der Waals surface area contributed by atoms with Crippen molar-refractivity contribution < 1.29 is 4.42 Å². The molecule has 1 fully saturated rings. The van der Waals surface area contributed by atoms with Gasteiger partial charge in [-0.05, 0) is 38.5 Å². The fourth-order valence-corrected chi connectivity index (χ4v) is 3.07. The van der Waals surface area contributed by atoms with Crippen LogP contribution >= 0.6 is 11.8 Å². The molecule has 3 heteroatoms. The van der Waals surface area contributed by atoms with Gasteiger partial charge in [0.1, 0.15) is 0 Å². The largest absolute Gasteiger partial charge is 0.472 e. The summed E-state index contributed by atoms with van der Waals surface area (Å²) >= 11 is 2.00. The van der Waals surface area contributed by atoms with Crippen LogP contribution in [0.4, 0.5) is 0 Å². The zero-order chi connectivity index (χ0) is 10.7. The van der Waals surface area contributed by atoms with E-state index in [4.69, 9.17) is 4.42 Å². The Bertz CT molecular complexity index is 286. The lowest BCUT2D eigenvalue weighted by Crippen LogP contribution is -2.29. The van der Waals surface area contributed by atoms with Crippen LogP contribution in [0.3, 0.4) is 0 Å². The van der Waals surface area contributed by atoms with Gasteiger partial charge in [-0.25, -0.2) is 0 Å². The Labute approximate surface area is 95.8 Å². The molecule has 0 bridgehead atoms. The van der Waals surface area contributed by atoms with E-state index in [0.29, 0.717) is 12.1 Å². The van der Waals surface area contributed by atoms with E-state index in [1.54, 1.807) is 6.26 Å². The minimum absolute atomic E-state index is 0.411. The molecular formula is C12H19NOS. The fraction of sp³-hybridized carbons (Fsp3) is 0.667. The minimum Gasteiger partial charge on any atom is -0.472 e. The molecule has 1 N–H and O–H groups in total. The Balaban J connectivity index is 1.83. The lowest BCUT2D eigenvalue weighted by molar-refractivity contribution is 0.457. The maximum atomic E-state index is 5.10. The first-order valence-corrected chi connectivity index (χ1v) is 6.89.